The third-order valence-corrected chi connectivity index (χ3v) is 3.75. The average molecular weight is 315 g/mol. The van der Waals surface area contributed by atoms with Crippen LogP contribution in [0.1, 0.15) is 35.5 Å². The number of hydrogen-bond acceptors (Lipinski definition) is 3. The van der Waals surface area contributed by atoms with Crippen molar-refractivity contribution < 1.29 is 9.90 Å². The zero-order valence-corrected chi connectivity index (χ0v) is 14.1. The zero-order valence-electron chi connectivity index (χ0n) is 14.1. The first-order chi connectivity index (χ1) is 11.0. The van der Waals surface area contributed by atoms with E-state index in [1.807, 2.05) is 41.9 Å². The number of benzene rings is 1. The summed E-state index contributed by atoms with van der Waals surface area (Å²) in [5.74, 6) is 0.379. The molecule has 5 nitrogen and oxygen atoms in total. The van der Waals surface area contributed by atoms with E-state index in [1.54, 1.807) is 11.1 Å². The molecule has 1 aromatic carbocycles. The van der Waals surface area contributed by atoms with E-state index in [2.05, 4.69) is 18.9 Å². The van der Waals surface area contributed by atoms with Crippen molar-refractivity contribution in [2.45, 2.75) is 33.9 Å². The highest BCUT2D eigenvalue weighted by Crippen LogP contribution is 2.14. The molecule has 5 heteroatoms. The van der Waals surface area contributed by atoms with E-state index in [4.69, 9.17) is 0 Å². The molecular weight excluding hydrogens is 290 g/mol. The minimum Gasteiger partial charge on any atom is -0.395 e. The van der Waals surface area contributed by atoms with Crippen LogP contribution in [0.25, 0.3) is 0 Å². The van der Waals surface area contributed by atoms with Crippen LogP contribution in [0.2, 0.25) is 0 Å². The highest BCUT2D eigenvalue weighted by molar-refractivity contribution is 5.95. The van der Waals surface area contributed by atoms with Gasteiger partial charge in [0.15, 0.2) is 0 Å². The van der Waals surface area contributed by atoms with Gasteiger partial charge in [-0.2, -0.15) is 5.10 Å². The summed E-state index contributed by atoms with van der Waals surface area (Å²) in [4.78, 5) is 14.5. The highest BCUT2D eigenvalue weighted by Gasteiger charge is 2.21. The fraction of sp³-hybridized carbons (Fsp3) is 0.444. The monoisotopic (exact) mass is 315 g/mol. The number of carbonyl (C=O) groups is 1. The van der Waals surface area contributed by atoms with Crippen LogP contribution in [0, 0.1) is 12.8 Å². The van der Waals surface area contributed by atoms with Crippen molar-refractivity contribution in [3.05, 3.63) is 53.3 Å². The van der Waals surface area contributed by atoms with Gasteiger partial charge >= 0.3 is 0 Å². The second-order valence-corrected chi connectivity index (χ2v) is 6.16. The minimum atomic E-state index is -0.0876. The molecule has 0 aliphatic rings. The second kappa shape index (κ2) is 7.92. The lowest BCUT2D eigenvalue weighted by Crippen LogP contribution is -2.33. The van der Waals surface area contributed by atoms with Crippen LogP contribution in [0.5, 0.6) is 0 Å². The number of hydrogen-bond donors (Lipinski definition) is 1. The second-order valence-electron chi connectivity index (χ2n) is 6.16. The standard InChI is InChI=1S/C18H25N3O2/c1-14(2)12-21-15(3)17(11-19-21)18(23)20(9-10-22)13-16-7-5-4-6-8-16/h4-8,11,14,22H,9-10,12-13H2,1-3H3. The minimum absolute atomic E-state index is 0.0578. The van der Waals surface area contributed by atoms with E-state index in [-0.39, 0.29) is 12.5 Å². The predicted octanol–water partition coefficient (Wildman–Crippen LogP) is 2.48. The molecule has 0 fully saturated rings. The summed E-state index contributed by atoms with van der Waals surface area (Å²) in [5.41, 5.74) is 2.52. The number of amides is 1. The molecule has 0 saturated heterocycles. The van der Waals surface area contributed by atoms with Crippen molar-refractivity contribution in [1.29, 1.82) is 0 Å². The maximum absolute atomic E-state index is 12.8. The molecule has 1 aromatic heterocycles. The lowest BCUT2D eigenvalue weighted by atomic mass is 10.1. The molecule has 0 aliphatic heterocycles. The molecule has 0 atom stereocenters. The Morgan fingerprint density at radius 1 is 1.30 bits per heavy atom. The number of carbonyl (C=O) groups excluding carboxylic acids is 1. The summed E-state index contributed by atoms with van der Waals surface area (Å²) in [7, 11) is 0. The topological polar surface area (TPSA) is 58.4 Å². The van der Waals surface area contributed by atoms with Gasteiger partial charge in [-0.1, -0.05) is 44.2 Å². The van der Waals surface area contributed by atoms with Gasteiger partial charge in [-0.3, -0.25) is 9.48 Å². The molecule has 0 saturated carbocycles. The summed E-state index contributed by atoms with van der Waals surface area (Å²) in [6, 6.07) is 9.80. The number of aromatic nitrogens is 2. The Balaban J connectivity index is 2.19. The van der Waals surface area contributed by atoms with Crippen LogP contribution in [-0.2, 0) is 13.1 Å². The largest absolute Gasteiger partial charge is 0.395 e. The van der Waals surface area contributed by atoms with Gasteiger partial charge in [-0.25, -0.2) is 0 Å². The first-order valence-electron chi connectivity index (χ1n) is 7.99. The van der Waals surface area contributed by atoms with Crippen molar-refractivity contribution in [3.8, 4) is 0 Å². The molecule has 1 N–H and O–H groups in total. The molecule has 2 rings (SSSR count). The third-order valence-electron chi connectivity index (χ3n) is 3.75. The third kappa shape index (κ3) is 4.42. The van der Waals surface area contributed by atoms with Gasteiger partial charge in [-0.05, 0) is 18.4 Å². The van der Waals surface area contributed by atoms with Gasteiger partial charge in [-0.15, -0.1) is 0 Å². The Labute approximate surface area is 137 Å². The smallest absolute Gasteiger partial charge is 0.257 e. The summed E-state index contributed by atoms with van der Waals surface area (Å²) < 4.78 is 1.87. The zero-order chi connectivity index (χ0) is 16.8. The molecular formula is C18H25N3O2. The van der Waals surface area contributed by atoms with E-state index in [0.717, 1.165) is 17.8 Å². The number of aliphatic hydroxyl groups excluding tert-OH is 1. The van der Waals surface area contributed by atoms with E-state index < -0.39 is 0 Å². The molecule has 23 heavy (non-hydrogen) atoms. The molecule has 0 unspecified atom stereocenters. The fourth-order valence-corrected chi connectivity index (χ4v) is 2.53. The SMILES string of the molecule is Cc1c(C(=O)N(CCO)Cc2ccccc2)cnn1CC(C)C. The van der Waals surface area contributed by atoms with Crippen molar-refractivity contribution in [3.63, 3.8) is 0 Å². The van der Waals surface area contributed by atoms with Crippen molar-refractivity contribution in [2.24, 2.45) is 5.92 Å². The highest BCUT2D eigenvalue weighted by atomic mass is 16.3. The Kier molecular flexibility index (Phi) is 5.93. The van der Waals surface area contributed by atoms with E-state index in [9.17, 15) is 9.90 Å². The summed E-state index contributed by atoms with van der Waals surface area (Å²) in [6.45, 7) is 7.68. The van der Waals surface area contributed by atoms with Crippen molar-refractivity contribution in [2.75, 3.05) is 13.2 Å². The summed E-state index contributed by atoms with van der Waals surface area (Å²) in [6.07, 6.45) is 1.63. The maximum atomic E-state index is 12.8. The van der Waals surface area contributed by atoms with Crippen LogP contribution in [0.4, 0.5) is 0 Å². The van der Waals surface area contributed by atoms with Crippen molar-refractivity contribution in [1.82, 2.24) is 14.7 Å². The van der Waals surface area contributed by atoms with Crippen LogP contribution in [0.15, 0.2) is 36.5 Å². The molecule has 0 bridgehead atoms. The molecule has 1 heterocycles. The molecule has 2 aromatic rings. The fourth-order valence-electron chi connectivity index (χ4n) is 2.53. The molecule has 0 spiro atoms. The first kappa shape index (κ1) is 17.2. The van der Waals surface area contributed by atoms with Crippen LogP contribution in [0.3, 0.4) is 0 Å². The quantitative estimate of drug-likeness (QED) is 0.854. The Morgan fingerprint density at radius 2 is 2.00 bits per heavy atom. The Morgan fingerprint density at radius 3 is 2.61 bits per heavy atom. The average Bonchev–Trinajstić information content (AvgIpc) is 2.87. The molecule has 0 radical (unpaired) electrons. The lowest BCUT2D eigenvalue weighted by Gasteiger charge is -2.22. The number of rotatable bonds is 7. The van der Waals surface area contributed by atoms with E-state index in [1.165, 1.54) is 0 Å². The van der Waals surface area contributed by atoms with Crippen LogP contribution in [-0.4, -0.2) is 38.8 Å². The van der Waals surface area contributed by atoms with Crippen LogP contribution < -0.4 is 0 Å². The van der Waals surface area contributed by atoms with Gasteiger partial charge in [0.1, 0.15) is 0 Å². The Bertz CT molecular complexity index is 635. The van der Waals surface area contributed by atoms with Crippen LogP contribution >= 0.6 is 0 Å². The maximum Gasteiger partial charge on any atom is 0.257 e. The van der Waals surface area contributed by atoms with E-state index >= 15 is 0 Å². The first-order valence-corrected chi connectivity index (χ1v) is 7.99. The molecule has 124 valence electrons. The normalized spacial score (nSPS) is 11.0. The Hall–Kier alpha value is -2.14. The molecule has 1 amide bonds. The van der Waals surface area contributed by atoms with Gasteiger partial charge in [0.05, 0.1) is 18.4 Å². The van der Waals surface area contributed by atoms with E-state index in [0.29, 0.717) is 24.6 Å². The van der Waals surface area contributed by atoms with Gasteiger partial charge < -0.3 is 10.0 Å². The van der Waals surface area contributed by atoms with Gasteiger partial charge in [0.2, 0.25) is 0 Å². The predicted molar refractivity (Wildman–Crippen MR) is 90.1 cm³/mol. The summed E-state index contributed by atoms with van der Waals surface area (Å²) >= 11 is 0. The number of nitrogens with zero attached hydrogens (tertiary/aromatic N) is 3. The lowest BCUT2D eigenvalue weighted by molar-refractivity contribution is 0.0707. The van der Waals surface area contributed by atoms with Crippen molar-refractivity contribution >= 4 is 5.91 Å². The number of aliphatic hydroxyl groups is 1. The summed E-state index contributed by atoms with van der Waals surface area (Å²) in [5, 5.41) is 13.6. The molecule has 0 aliphatic carbocycles. The van der Waals surface area contributed by atoms with Gasteiger partial charge in [0.25, 0.3) is 5.91 Å². The van der Waals surface area contributed by atoms with Gasteiger partial charge in [0, 0.05) is 25.3 Å².